The van der Waals surface area contributed by atoms with E-state index in [1.807, 2.05) is 13.8 Å². The monoisotopic (exact) mass is 281 g/mol. The molecule has 0 aromatic carbocycles. The summed E-state index contributed by atoms with van der Waals surface area (Å²) >= 11 is 0. The Morgan fingerprint density at radius 1 is 1.25 bits per heavy atom. The first-order valence-electron chi connectivity index (χ1n) is 7.59. The maximum atomic E-state index is 11.4. The average Bonchev–Trinajstić information content (AvgIpc) is 2.46. The highest BCUT2D eigenvalue weighted by Gasteiger charge is 2.27. The van der Waals surface area contributed by atoms with Crippen LogP contribution in [0.15, 0.2) is 0 Å². The number of ether oxygens (including phenoxy) is 2. The third-order valence-electron chi connectivity index (χ3n) is 4.06. The predicted molar refractivity (Wildman–Crippen MR) is 77.0 cm³/mol. The van der Waals surface area contributed by atoms with Crippen LogP contribution < -0.4 is 0 Å². The SMILES string of the molecule is COC(=O)C1CCC(OCCCCC(C)(C)C#N)CC1. The molecule has 1 rings (SSSR count). The number of hydrogen-bond acceptors (Lipinski definition) is 4. The fourth-order valence-electron chi connectivity index (χ4n) is 2.61. The van der Waals surface area contributed by atoms with Gasteiger partial charge in [-0.2, -0.15) is 5.26 Å². The number of nitrogens with zero attached hydrogens (tertiary/aromatic N) is 1. The minimum atomic E-state index is -0.224. The molecule has 0 atom stereocenters. The number of unbranched alkanes of at least 4 members (excludes halogenated alkanes) is 1. The van der Waals surface area contributed by atoms with E-state index in [1.54, 1.807) is 0 Å². The fraction of sp³-hybridized carbons (Fsp3) is 0.875. The molecule has 0 amide bonds. The Bertz CT molecular complexity index is 338. The normalized spacial score (nSPS) is 23.1. The zero-order valence-electron chi connectivity index (χ0n) is 13.0. The summed E-state index contributed by atoms with van der Waals surface area (Å²) in [6, 6.07) is 2.32. The molecule has 4 nitrogen and oxygen atoms in total. The van der Waals surface area contributed by atoms with Crippen molar-refractivity contribution < 1.29 is 14.3 Å². The number of carbonyl (C=O) groups is 1. The van der Waals surface area contributed by atoms with Crippen LogP contribution in [-0.2, 0) is 14.3 Å². The molecule has 1 fully saturated rings. The van der Waals surface area contributed by atoms with Gasteiger partial charge in [-0.25, -0.2) is 0 Å². The molecule has 0 aliphatic heterocycles. The van der Waals surface area contributed by atoms with Crippen molar-refractivity contribution in [2.24, 2.45) is 11.3 Å². The second kappa shape index (κ2) is 8.26. The van der Waals surface area contributed by atoms with Gasteiger partial charge in [-0.3, -0.25) is 4.79 Å². The molecule has 0 radical (unpaired) electrons. The summed E-state index contributed by atoms with van der Waals surface area (Å²) in [6.45, 7) is 4.71. The summed E-state index contributed by atoms with van der Waals surface area (Å²) in [5.74, 6) is -0.0153. The van der Waals surface area contributed by atoms with Crippen molar-refractivity contribution in [1.29, 1.82) is 5.26 Å². The van der Waals surface area contributed by atoms with Crippen LogP contribution in [0.1, 0.15) is 58.8 Å². The zero-order chi connectivity index (χ0) is 15.0. The number of nitriles is 1. The first-order chi connectivity index (χ1) is 9.48. The lowest BCUT2D eigenvalue weighted by atomic mass is 9.87. The molecule has 114 valence electrons. The number of carbonyl (C=O) groups excluding carboxylic acids is 1. The Morgan fingerprint density at radius 3 is 2.45 bits per heavy atom. The van der Waals surface area contributed by atoms with E-state index in [9.17, 15) is 4.79 Å². The van der Waals surface area contributed by atoms with E-state index in [2.05, 4.69) is 6.07 Å². The molecule has 0 saturated heterocycles. The molecule has 0 spiro atoms. The molecule has 0 heterocycles. The largest absolute Gasteiger partial charge is 0.469 e. The molecule has 20 heavy (non-hydrogen) atoms. The Hall–Kier alpha value is -1.08. The smallest absolute Gasteiger partial charge is 0.308 e. The van der Waals surface area contributed by atoms with Crippen molar-refractivity contribution in [2.75, 3.05) is 13.7 Å². The van der Waals surface area contributed by atoms with Crippen LogP contribution in [0.3, 0.4) is 0 Å². The van der Waals surface area contributed by atoms with Gasteiger partial charge in [0.05, 0.1) is 30.6 Å². The second-order valence-corrected chi connectivity index (χ2v) is 6.32. The van der Waals surface area contributed by atoms with E-state index in [0.29, 0.717) is 6.10 Å². The van der Waals surface area contributed by atoms with E-state index in [4.69, 9.17) is 14.7 Å². The highest BCUT2D eigenvalue weighted by atomic mass is 16.5. The van der Waals surface area contributed by atoms with E-state index < -0.39 is 0 Å². The van der Waals surface area contributed by atoms with Crippen LogP contribution in [0, 0.1) is 22.7 Å². The second-order valence-electron chi connectivity index (χ2n) is 6.32. The van der Waals surface area contributed by atoms with E-state index in [0.717, 1.165) is 51.6 Å². The van der Waals surface area contributed by atoms with Gasteiger partial charge in [0.25, 0.3) is 0 Å². The summed E-state index contributed by atoms with van der Waals surface area (Å²) in [5.41, 5.74) is -0.224. The Balaban J connectivity index is 2.08. The van der Waals surface area contributed by atoms with Crippen LogP contribution in [0.4, 0.5) is 0 Å². The lowest BCUT2D eigenvalue weighted by molar-refractivity contribution is -0.147. The van der Waals surface area contributed by atoms with Crippen LogP contribution in [0.25, 0.3) is 0 Å². The first kappa shape index (κ1) is 17.0. The highest BCUT2D eigenvalue weighted by Crippen LogP contribution is 2.27. The van der Waals surface area contributed by atoms with Crippen molar-refractivity contribution in [3.8, 4) is 6.07 Å². The number of hydrogen-bond donors (Lipinski definition) is 0. The van der Waals surface area contributed by atoms with Crippen molar-refractivity contribution >= 4 is 5.97 Å². The minimum absolute atomic E-state index is 0.0660. The summed E-state index contributed by atoms with van der Waals surface area (Å²) < 4.78 is 10.6. The molecule has 1 saturated carbocycles. The van der Waals surface area contributed by atoms with Crippen molar-refractivity contribution in [2.45, 2.75) is 64.9 Å². The van der Waals surface area contributed by atoms with Crippen molar-refractivity contribution in [3.05, 3.63) is 0 Å². The Kier molecular flexibility index (Phi) is 7.01. The molecule has 1 aliphatic carbocycles. The predicted octanol–water partition coefficient (Wildman–Crippen LogP) is 3.45. The molecule has 0 aromatic rings. The highest BCUT2D eigenvalue weighted by molar-refractivity contribution is 5.72. The minimum Gasteiger partial charge on any atom is -0.469 e. The van der Waals surface area contributed by atoms with Gasteiger partial charge in [0.1, 0.15) is 0 Å². The van der Waals surface area contributed by atoms with Gasteiger partial charge in [-0.1, -0.05) is 0 Å². The summed E-state index contributed by atoms with van der Waals surface area (Å²) in [7, 11) is 1.45. The maximum absolute atomic E-state index is 11.4. The first-order valence-corrected chi connectivity index (χ1v) is 7.59. The van der Waals surface area contributed by atoms with E-state index in [-0.39, 0.29) is 17.3 Å². The zero-order valence-corrected chi connectivity index (χ0v) is 13.0. The topological polar surface area (TPSA) is 59.3 Å². The van der Waals surface area contributed by atoms with Crippen LogP contribution >= 0.6 is 0 Å². The molecule has 0 unspecified atom stereocenters. The summed E-state index contributed by atoms with van der Waals surface area (Å²) in [5, 5.41) is 8.93. The van der Waals surface area contributed by atoms with Crippen molar-refractivity contribution in [3.63, 3.8) is 0 Å². The lowest BCUT2D eigenvalue weighted by Gasteiger charge is -2.27. The van der Waals surface area contributed by atoms with Gasteiger partial charge < -0.3 is 9.47 Å². The summed E-state index contributed by atoms with van der Waals surface area (Å²) in [4.78, 5) is 11.4. The lowest BCUT2D eigenvalue weighted by Crippen LogP contribution is -2.27. The number of rotatable bonds is 7. The van der Waals surface area contributed by atoms with Crippen LogP contribution in [0.5, 0.6) is 0 Å². The standard InChI is InChI=1S/C16H27NO3/c1-16(2,12-17)10-4-5-11-20-14-8-6-13(7-9-14)15(18)19-3/h13-14H,4-11H2,1-3H3. The Labute approximate surface area is 122 Å². The number of methoxy groups -OCH3 is 1. The molecular weight excluding hydrogens is 254 g/mol. The molecular formula is C16H27NO3. The molecule has 0 N–H and O–H groups in total. The van der Waals surface area contributed by atoms with E-state index in [1.165, 1.54) is 7.11 Å². The van der Waals surface area contributed by atoms with Crippen LogP contribution in [-0.4, -0.2) is 25.8 Å². The quantitative estimate of drug-likeness (QED) is 0.529. The average molecular weight is 281 g/mol. The molecule has 1 aliphatic rings. The van der Waals surface area contributed by atoms with Gasteiger partial charge >= 0.3 is 5.97 Å². The maximum Gasteiger partial charge on any atom is 0.308 e. The third kappa shape index (κ3) is 5.92. The Morgan fingerprint density at radius 2 is 1.90 bits per heavy atom. The molecule has 0 bridgehead atoms. The fourth-order valence-corrected chi connectivity index (χ4v) is 2.61. The molecule has 0 aromatic heterocycles. The van der Waals surface area contributed by atoms with E-state index >= 15 is 0 Å². The van der Waals surface area contributed by atoms with Gasteiger partial charge in [-0.05, 0) is 58.8 Å². The number of esters is 1. The van der Waals surface area contributed by atoms with Gasteiger partial charge in [0, 0.05) is 6.61 Å². The van der Waals surface area contributed by atoms with Crippen LogP contribution in [0.2, 0.25) is 0 Å². The van der Waals surface area contributed by atoms with Crippen molar-refractivity contribution in [1.82, 2.24) is 0 Å². The van der Waals surface area contributed by atoms with Gasteiger partial charge in [-0.15, -0.1) is 0 Å². The third-order valence-corrected chi connectivity index (χ3v) is 4.06. The summed E-state index contributed by atoms with van der Waals surface area (Å²) in [6.07, 6.45) is 6.88. The van der Waals surface area contributed by atoms with Gasteiger partial charge in [0.2, 0.25) is 0 Å². The molecule has 4 heteroatoms. The van der Waals surface area contributed by atoms with Gasteiger partial charge in [0.15, 0.2) is 0 Å².